The van der Waals surface area contributed by atoms with Crippen molar-refractivity contribution in [3.05, 3.63) is 129 Å². The van der Waals surface area contributed by atoms with E-state index >= 15 is 0 Å². The highest BCUT2D eigenvalue weighted by atomic mass is 127. The topological polar surface area (TPSA) is 111 Å². The van der Waals surface area contributed by atoms with E-state index in [1.165, 1.54) is 24.0 Å². The summed E-state index contributed by atoms with van der Waals surface area (Å²) < 4.78 is 43.0. The Bertz CT molecular complexity index is 2530. The van der Waals surface area contributed by atoms with Gasteiger partial charge >= 0.3 is 7.12 Å². The number of hydrogen-bond donors (Lipinski definition) is 1. The second kappa shape index (κ2) is 25.2. The van der Waals surface area contributed by atoms with E-state index in [2.05, 4.69) is 194 Å². The Morgan fingerprint density at radius 1 is 0.672 bits per heavy atom. The largest absolute Gasteiger partial charge is 0.507 e. The summed E-state index contributed by atoms with van der Waals surface area (Å²) in [7, 11) is 1.27. The molecule has 0 amide bonds. The van der Waals surface area contributed by atoms with Crippen LogP contribution in [0, 0.1) is 21.0 Å². The van der Waals surface area contributed by atoms with E-state index in [4.69, 9.17) is 33.4 Å². The average Bonchev–Trinajstić information content (AvgIpc) is 4.06. The van der Waals surface area contributed by atoms with Gasteiger partial charge in [0, 0.05) is 55.5 Å². The van der Waals surface area contributed by atoms with Crippen molar-refractivity contribution in [3.63, 3.8) is 0 Å². The Morgan fingerprint density at radius 2 is 1.18 bits per heavy atom. The molecule has 1 N–H and O–H groups in total. The van der Waals surface area contributed by atoms with E-state index < -0.39 is 0 Å². The average molecular weight is 1330 g/mol. The Kier molecular flexibility index (Phi) is 20.3. The molecule has 67 heavy (non-hydrogen) atoms. The third-order valence-electron chi connectivity index (χ3n) is 11.8. The van der Waals surface area contributed by atoms with Gasteiger partial charge in [0.15, 0.2) is 6.79 Å². The van der Waals surface area contributed by atoms with Crippen molar-refractivity contribution in [2.45, 2.75) is 104 Å². The van der Waals surface area contributed by atoms with Crippen molar-refractivity contribution in [1.82, 2.24) is 19.6 Å². The van der Waals surface area contributed by atoms with Crippen molar-refractivity contribution in [2.75, 3.05) is 27.1 Å². The molecule has 3 saturated heterocycles. The molecule has 0 radical (unpaired) electrons. The van der Waals surface area contributed by atoms with Crippen LogP contribution in [0.15, 0.2) is 111 Å². The number of phenols is 1. The second-order valence-electron chi connectivity index (χ2n) is 17.4. The molecule has 0 saturated carbocycles. The summed E-state index contributed by atoms with van der Waals surface area (Å²) in [5, 5.41) is 18.0. The lowest BCUT2D eigenvalue weighted by Gasteiger charge is -2.32. The lowest BCUT2D eigenvalue weighted by Crippen LogP contribution is -2.41. The van der Waals surface area contributed by atoms with Gasteiger partial charge in [0.25, 0.3) is 0 Å². The highest BCUT2D eigenvalue weighted by Gasteiger charge is 2.52. The molecule has 17 heteroatoms. The van der Waals surface area contributed by atoms with E-state index in [9.17, 15) is 0 Å². The van der Waals surface area contributed by atoms with Crippen LogP contribution < -0.4 is 10.2 Å². The molecule has 2 aromatic heterocycles. The van der Waals surface area contributed by atoms with Gasteiger partial charge in [0.05, 0.1) is 32.5 Å². The van der Waals surface area contributed by atoms with Crippen LogP contribution in [0.3, 0.4) is 0 Å². The monoisotopic (exact) mass is 1330 g/mol. The number of rotatable bonds is 8. The fourth-order valence-electron chi connectivity index (χ4n) is 7.26. The van der Waals surface area contributed by atoms with Gasteiger partial charge in [0.2, 0.25) is 0 Å². The minimum Gasteiger partial charge on any atom is -0.507 e. The third-order valence-corrected chi connectivity index (χ3v) is 15.4. The van der Waals surface area contributed by atoms with Gasteiger partial charge in [-0.15, -0.1) is 0 Å². The number of benzene rings is 4. The fraction of sp³-hybridized carbons (Fsp3) is 0.400. The first-order valence-electron chi connectivity index (χ1n) is 22.2. The molecular formula is C50H58BBr3I2N4O7. The first kappa shape index (κ1) is 54.0. The lowest BCUT2D eigenvalue weighted by atomic mass is 9.75. The zero-order valence-electron chi connectivity index (χ0n) is 38.9. The molecule has 4 aromatic carbocycles. The zero-order valence-corrected chi connectivity index (χ0v) is 48.0. The molecule has 5 heterocycles. The predicted molar refractivity (Wildman–Crippen MR) is 294 cm³/mol. The maximum Gasteiger partial charge on any atom is 0.495 e. The number of aryl methyl sites for hydroxylation is 2. The maximum absolute atomic E-state index is 9.05. The first-order valence-corrected chi connectivity index (χ1v) is 26.7. The molecular weight excluding hydrogens is 1270 g/mol. The minimum atomic E-state index is -0.331. The van der Waals surface area contributed by atoms with Gasteiger partial charge in [-0.25, -0.2) is 9.36 Å². The maximum atomic E-state index is 9.05. The van der Waals surface area contributed by atoms with Gasteiger partial charge in [0.1, 0.15) is 24.0 Å². The molecule has 6 aromatic rings. The van der Waals surface area contributed by atoms with Crippen LogP contribution in [-0.2, 0) is 23.5 Å². The number of aromatic hydroxyl groups is 1. The van der Waals surface area contributed by atoms with Crippen LogP contribution in [0.25, 0.3) is 22.3 Å². The molecule has 9 rings (SSSR count). The number of hydrogen-bond acceptors (Lipinski definition) is 9. The van der Waals surface area contributed by atoms with Gasteiger partial charge in [-0.05, 0) is 222 Å². The van der Waals surface area contributed by atoms with E-state index in [0.717, 1.165) is 92.9 Å². The number of halogens is 5. The lowest BCUT2D eigenvalue weighted by molar-refractivity contribution is -0.0395. The smallest absolute Gasteiger partial charge is 0.495 e. The Balaban J connectivity index is 0.000000161. The van der Waals surface area contributed by atoms with Crippen molar-refractivity contribution in [1.29, 1.82) is 0 Å². The van der Waals surface area contributed by atoms with E-state index in [1.54, 1.807) is 13.2 Å². The number of ether oxygens (including phenoxy) is 4. The van der Waals surface area contributed by atoms with Gasteiger partial charge in [-0.2, -0.15) is 10.2 Å². The van der Waals surface area contributed by atoms with E-state index in [0.29, 0.717) is 5.75 Å². The molecule has 3 fully saturated rings. The summed E-state index contributed by atoms with van der Waals surface area (Å²) in [6.07, 6.45) is 15.0. The quantitative estimate of drug-likeness (QED) is 0.0905. The summed E-state index contributed by atoms with van der Waals surface area (Å²) in [5.41, 5.74) is 7.41. The molecule has 0 bridgehead atoms. The molecule has 3 aliphatic rings. The van der Waals surface area contributed by atoms with E-state index in [1.807, 2.05) is 52.1 Å². The van der Waals surface area contributed by atoms with Gasteiger partial charge in [-0.3, -0.25) is 0 Å². The highest BCUT2D eigenvalue weighted by molar-refractivity contribution is 14.1. The predicted octanol–water partition coefficient (Wildman–Crippen LogP) is 14.0. The van der Waals surface area contributed by atoms with Crippen LogP contribution >= 0.6 is 93.0 Å². The zero-order chi connectivity index (χ0) is 48.3. The number of aromatic nitrogens is 4. The molecule has 0 spiro atoms. The summed E-state index contributed by atoms with van der Waals surface area (Å²) in [6.45, 7) is 14.5. The Hall–Kier alpha value is -2.34. The number of phenolic OH excluding ortho intramolecular Hbond substituents is 1. The van der Waals surface area contributed by atoms with Gasteiger partial charge < -0.3 is 33.4 Å². The Morgan fingerprint density at radius 3 is 1.66 bits per heavy atom. The normalized spacial score (nSPS) is 18.4. The van der Waals surface area contributed by atoms with Gasteiger partial charge in [-0.1, -0.05) is 51.8 Å². The summed E-state index contributed by atoms with van der Waals surface area (Å²) >= 11 is 14.5. The fourth-order valence-corrected chi connectivity index (χ4v) is 9.06. The minimum absolute atomic E-state index is 0.0672. The summed E-state index contributed by atoms with van der Waals surface area (Å²) in [4.78, 5) is 0. The highest BCUT2D eigenvalue weighted by Crippen LogP contribution is 2.37. The molecule has 3 aliphatic heterocycles. The molecule has 358 valence electrons. The first-order chi connectivity index (χ1) is 31.9. The van der Waals surface area contributed by atoms with Crippen LogP contribution in [-0.4, -0.2) is 70.1 Å². The van der Waals surface area contributed by atoms with E-state index in [-0.39, 0.29) is 37.6 Å². The molecule has 0 aliphatic carbocycles. The van der Waals surface area contributed by atoms with Crippen molar-refractivity contribution in [3.8, 4) is 33.8 Å². The summed E-state index contributed by atoms with van der Waals surface area (Å²) in [5.74, 6) is 1.10. The molecule has 2 unspecified atom stereocenters. The summed E-state index contributed by atoms with van der Waals surface area (Å²) in [6, 6.07) is 24.1. The van der Waals surface area contributed by atoms with Crippen LogP contribution in [0.2, 0.25) is 0 Å². The molecule has 2 atom stereocenters. The SMILES string of the molecule is COCOc1cc(I)ccc1Br.Cc1cc(-c2cnn(C3CCCCO3)c2)ccc1B1OC(C)(C)C(C)(C)O1.Cc1cc(-c2cnn(C3CCCCO3)c2)ccc1Br.Oc1cc(I)ccc1Br. The second-order valence-corrected chi connectivity index (χ2v) is 22.5. The van der Waals surface area contributed by atoms with Crippen molar-refractivity contribution >= 4 is 106 Å². The third kappa shape index (κ3) is 15.1. The van der Waals surface area contributed by atoms with Crippen molar-refractivity contribution < 1.29 is 33.4 Å². The van der Waals surface area contributed by atoms with Crippen LogP contribution in [0.1, 0.15) is 89.8 Å². The molecule has 11 nitrogen and oxygen atoms in total. The van der Waals surface area contributed by atoms with Crippen molar-refractivity contribution in [2.24, 2.45) is 0 Å². The van der Waals surface area contributed by atoms with Crippen LogP contribution in [0.5, 0.6) is 11.5 Å². The Labute approximate surface area is 448 Å². The number of methoxy groups -OCH3 is 1. The number of nitrogens with zero attached hydrogens (tertiary/aromatic N) is 4. The van der Waals surface area contributed by atoms with Crippen LogP contribution in [0.4, 0.5) is 0 Å². The standard InChI is InChI=1S/C21H29BN2O3.C15H17BrN2O.C8H8BrIO2.C6H4BrIO/c1-15-12-16(17-13-23-24(14-17)19-8-6-7-11-25-19)9-10-18(15)22-26-20(2,3)21(4,5)27-22;1-11-8-12(5-6-14(11)16)13-9-17-18(10-13)15-4-2-3-7-19-15;1-11-5-12-8-4-6(10)2-3-7(8)9;7-5-2-1-4(8)3-6(5)9/h9-10,12-14,19H,6-8,11H2,1-5H3;5-6,8-10,15H,2-4,7H2,1H3;2-4H,5H2,1H3;1-3,9H.